The summed E-state index contributed by atoms with van der Waals surface area (Å²) in [5, 5.41) is 12.0. The minimum absolute atomic E-state index is 0.0186. The highest BCUT2D eigenvalue weighted by Gasteiger charge is 2.29. The fourth-order valence-corrected chi connectivity index (χ4v) is 2.53. The first kappa shape index (κ1) is 14.6. The van der Waals surface area contributed by atoms with Crippen molar-refractivity contribution < 1.29 is 19.0 Å². The van der Waals surface area contributed by atoms with Crippen LogP contribution >= 0.6 is 0 Å². The summed E-state index contributed by atoms with van der Waals surface area (Å²) < 4.78 is 18.4. The summed E-state index contributed by atoms with van der Waals surface area (Å²) in [6, 6.07) is 4.10. The highest BCUT2D eigenvalue weighted by molar-refractivity contribution is 5.67. The fourth-order valence-electron chi connectivity index (χ4n) is 2.53. The van der Waals surface area contributed by atoms with Crippen LogP contribution in [0.4, 0.5) is 9.18 Å². The van der Waals surface area contributed by atoms with Gasteiger partial charge in [0.2, 0.25) is 0 Å². The molecule has 0 spiro atoms. The third-order valence-electron chi connectivity index (χ3n) is 3.71. The number of alkyl carbamates (subject to hydrolysis) is 1. The van der Waals surface area contributed by atoms with Crippen LogP contribution in [0.1, 0.15) is 24.9 Å². The number of methoxy groups -OCH3 is 1. The second-order valence-corrected chi connectivity index (χ2v) is 5.00. The standard InChI is InChI=1S/C14H19FN2O3/c1-9(12-4-3-11(18)7-13(12)15)17-6-5-10(8-17)16-14(19)20-2/h3-4,7,9-10,18H,5-6,8H2,1-2H3,(H,16,19). The Bertz CT molecular complexity index is 495. The maximum atomic E-state index is 13.8. The van der Waals surface area contributed by atoms with E-state index in [9.17, 15) is 14.3 Å². The predicted octanol–water partition coefficient (Wildman–Crippen LogP) is 2.02. The molecule has 0 aromatic heterocycles. The van der Waals surface area contributed by atoms with Crippen molar-refractivity contribution in [2.75, 3.05) is 20.2 Å². The molecule has 1 saturated heterocycles. The van der Waals surface area contributed by atoms with Crippen molar-refractivity contribution in [2.45, 2.75) is 25.4 Å². The number of carbonyl (C=O) groups excluding carboxylic acids is 1. The first-order valence-corrected chi connectivity index (χ1v) is 6.58. The molecule has 0 bridgehead atoms. The number of rotatable bonds is 3. The summed E-state index contributed by atoms with van der Waals surface area (Å²) in [7, 11) is 1.33. The molecule has 1 aromatic rings. The molecular weight excluding hydrogens is 263 g/mol. The lowest BCUT2D eigenvalue weighted by molar-refractivity contribution is 0.165. The highest BCUT2D eigenvalue weighted by Crippen LogP contribution is 2.28. The monoisotopic (exact) mass is 282 g/mol. The van der Waals surface area contributed by atoms with Gasteiger partial charge in [-0.3, -0.25) is 4.90 Å². The van der Waals surface area contributed by atoms with E-state index < -0.39 is 11.9 Å². The van der Waals surface area contributed by atoms with Crippen molar-refractivity contribution in [1.82, 2.24) is 10.2 Å². The molecule has 2 N–H and O–H groups in total. The minimum atomic E-state index is -0.444. The molecule has 6 heteroatoms. The number of aromatic hydroxyl groups is 1. The molecule has 0 radical (unpaired) electrons. The van der Waals surface area contributed by atoms with E-state index in [-0.39, 0.29) is 17.8 Å². The molecule has 1 fully saturated rings. The maximum Gasteiger partial charge on any atom is 0.407 e. The van der Waals surface area contributed by atoms with Crippen LogP contribution in [0.15, 0.2) is 18.2 Å². The highest BCUT2D eigenvalue weighted by atomic mass is 19.1. The Morgan fingerprint density at radius 2 is 2.35 bits per heavy atom. The number of likely N-dealkylation sites (tertiary alicyclic amines) is 1. The van der Waals surface area contributed by atoms with Gasteiger partial charge in [-0.2, -0.15) is 0 Å². The van der Waals surface area contributed by atoms with E-state index in [1.165, 1.54) is 13.2 Å². The van der Waals surface area contributed by atoms with E-state index in [0.717, 1.165) is 19.0 Å². The number of phenols is 1. The van der Waals surface area contributed by atoms with Gasteiger partial charge in [0.1, 0.15) is 11.6 Å². The van der Waals surface area contributed by atoms with Gasteiger partial charge in [0.25, 0.3) is 0 Å². The molecule has 1 aromatic carbocycles. The number of halogens is 1. The van der Waals surface area contributed by atoms with E-state index in [1.807, 2.05) is 6.92 Å². The lowest BCUT2D eigenvalue weighted by Gasteiger charge is -2.25. The van der Waals surface area contributed by atoms with Gasteiger partial charge in [0, 0.05) is 36.8 Å². The Balaban J connectivity index is 2.00. The summed E-state index contributed by atoms with van der Waals surface area (Å²) in [5.74, 6) is -0.494. The van der Waals surface area contributed by atoms with Crippen molar-refractivity contribution in [3.05, 3.63) is 29.6 Å². The average Bonchev–Trinajstić information content (AvgIpc) is 2.86. The third kappa shape index (κ3) is 3.19. The Labute approximate surface area is 117 Å². The van der Waals surface area contributed by atoms with Gasteiger partial charge in [0.15, 0.2) is 0 Å². The number of benzene rings is 1. The largest absolute Gasteiger partial charge is 0.508 e. The van der Waals surface area contributed by atoms with Crippen LogP contribution < -0.4 is 5.32 Å². The molecule has 1 heterocycles. The zero-order valence-electron chi connectivity index (χ0n) is 11.6. The summed E-state index contributed by atoms with van der Waals surface area (Å²) in [4.78, 5) is 13.3. The molecule has 1 aliphatic heterocycles. The predicted molar refractivity (Wildman–Crippen MR) is 72.0 cm³/mol. The van der Waals surface area contributed by atoms with Gasteiger partial charge in [-0.15, -0.1) is 0 Å². The van der Waals surface area contributed by atoms with Crippen molar-refractivity contribution in [3.63, 3.8) is 0 Å². The first-order valence-electron chi connectivity index (χ1n) is 6.58. The Morgan fingerprint density at radius 3 is 3.00 bits per heavy atom. The first-order chi connectivity index (χ1) is 9.51. The van der Waals surface area contributed by atoms with Gasteiger partial charge in [-0.25, -0.2) is 9.18 Å². The summed E-state index contributed by atoms with van der Waals surface area (Å²) in [6.07, 6.45) is 0.361. The molecule has 1 aliphatic rings. The van der Waals surface area contributed by atoms with E-state index in [0.29, 0.717) is 12.1 Å². The van der Waals surface area contributed by atoms with Crippen LogP contribution in [0.5, 0.6) is 5.75 Å². The molecule has 2 atom stereocenters. The second kappa shape index (κ2) is 6.09. The number of hydrogen-bond acceptors (Lipinski definition) is 4. The normalized spacial score (nSPS) is 20.6. The topological polar surface area (TPSA) is 61.8 Å². The van der Waals surface area contributed by atoms with Gasteiger partial charge >= 0.3 is 6.09 Å². The molecular formula is C14H19FN2O3. The number of nitrogens with one attached hydrogen (secondary N) is 1. The van der Waals surface area contributed by atoms with Gasteiger partial charge in [-0.05, 0) is 19.4 Å². The Morgan fingerprint density at radius 1 is 1.60 bits per heavy atom. The minimum Gasteiger partial charge on any atom is -0.508 e. The smallest absolute Gasteiger partial charge is 0.407 e. The van der Waals surface area contributed by atoms with E-state index >= 15 is 0 Å². The van der Waals surface area contributed by atoms with Crippen LogP contribution in [-0.2, 0) is 4.74 Å². The molecule has 0 aliphatic carbocycles. The number of phenolic OH excluding ortho intramolecular Hbond substituents is 1. The number of nitrogens with zero attached hydrogens (tertiary/aromatic N) is 1. The molecule has 0 saturated carbocycles. The summed E-state index contributed by atoms with van der Waals surface area (Å²) in [5.41, 5.74) is 0.543. The maximum absolute atomic E-state index is 13.8. The van der Waals surface area contributed by atoms with Crippen LogP contribution in [0.25, 0.3) is 0 Å². The van der Waals surface area contributed by atoms with Crippen LogP contribution in [0.2, 0.25) is 0 Å². The van der Waals surface area contributed by atoms with Crippen LogP contribution in [0, 0.1) is 5.82 Å². The Kier molecular flexibility index (Phi) is 4.44. The van der Waals surface area contributed by atoms with Gasteiger partial charge < -0.3 is 15.2 Å². The summed E-state index contributed by atoms with van der Waals surface area (Å²) >= 11 is 0. The second-order valence-electron chi connectivity index (χ2n) is 5.00. The van der Waals surface area contributed by atoms with E-state index in [1.54, 1.807) is 6.07 Å². The average molecular weight is 282 g/mol. The van der Waals surface area contributed by atoms with Crippen molar-refractivity contribution in [2.24, 2.45) is 0 Å². The summed E-state index contributed by atoms with van der Waals surface area (Å²) in [6.45, 7) is 3.34. The van der Waals surface area contributed by atoms with Crippen molar-refractivity contribution in [1.29, 1.82) is 0 Å². The number of ether oxygens (including phenoxy) is 1. The quantitative estimate of drug-likeness (QED) is 0.890. The van der Waals surface area contributed by atoms with Gasteiger partial charge in [-0.1, -0.05) is 6.07 Å². The molecule has 1 amide bonds. The zero-order chi connectivity index (χ0) is 14.7. The van der Waals surface area contributed by atoms with Gasteiger partial charge in [0.05, 0.1) is 7.11 Å². The molecule has 5 nitrogen and oxygen atoms in total. The number of carbonyl (C=O) groups is 1. The van der Waals surface area contributed by atoms with Crippen LogP contribution in [-0.4, -0.2) is 42.3 Å². The Hall–Kier alpha value is -1.82. The fraction of sp³-hybridized carbons (Fsp3) is 0.500. The number of amides is 1. The lowest BCUT2D eigenvalue weighted by Crippen LogP contribution is -2.37. The van der Waals surface area contributed by atoms with Crippen molar-refractivity contribution >= 4 is 6.09 Å². The SMILES string of the molecule is COC(=O)NC1CCN(C(C)c2ccc(O)cc2F)C1. The number of hydrogen-bond donors (Lipinski definition) is 2. The van der Waals surface area contributed by atoms with E-state index in [2.05, 4.69) is 15.0 Å². The van der Waals surface area contributed by atoms with E-state index in [4.69, 9.17) is 0 Å². The molecule has 20 heavy (non-hydrogen) atoms. The molecule has 2 unspecified atom stereocenters. The molecule has 2 rings (SSSR count). The molecule has 110 valence electrons. The van der Waals surface area contributed by atoms with Crippen molar-refractivity contribution in [3.8, 4) is 5.75 Å². The van der Waals surface area contributed by atoms with Crippen LogP contribution in [0.3, 0.4) is 0 Å². The zero-order valence-corrected chi connectivity index (χ0v) is 11.6. The lowest BCUT2D eigenvalue weighted by atomic mass is 10.1. The third-order valence-corrected chi connectivity index (χ3v) is 3.71.